The number of aromatic nitrogens is 3. The van der Waals surface area contributed by atoms with Crippen molar-refractivity contribution in [2.75, 3.05) is 36.6 Å². The Morgan fingerprint density at radius 2 is 1.93 bits per heavy atom. The Hall–Kier alpha value is -3.75. The third-order valence-corrected chi connectivity index (χ3v) is 4.17. The van der Waals surface area contributed by atoms with E-state index in [4.69, 9.17) is 10.5 Å². The zero-order valence-corrected chi connectivity index (χ0v) is 16.6. The Morgan fingerprint density at radius 3 is 2.59 bits per heavy atom. The number of hydrogen-bond acceptors (Lipinski definition) is 8. The number of esters is 1. The summed E-state index contributed by atoms with van der Waals surface area (Å²) >= 11 is 0. The van der Waals surface area contributed by atoms with Crippen LogP contribution >= 0.6 is 0 Å². The van der Waals surface area contributed by atoms with Crippen LogP contribution in [0, 0.1) is 13.8 Å². The number of nitrogens with two attached hydrogens (primary N) is 1. The van der Waals surface area contributed by atoms with Crippen molar-refractivity contribution in [3.63, 3.8) is 0 Å². The highest BCUT2D eigenvalue weighted by atomic mass is 16.5. The van der Waals surface area contributed by atoms with E-state index < -0.39 is 0 Å². The largest absolute Gasteiger partial charge is 0.492 e. The van der Waals surface area contributed by atoms with Gasteiger partial charge in [0.1, 0.15) is 18.2 Å². The smallest absolute Gasteiger partial charge is 0.337 e. The molecule has 152 valence electrons. The minimum absolute atomic E-state index is 0.381. The van der Waals surface area contributed by atoms with E-state index in [-0.39, 0.29) is 5.97 Å². The lowest BCUT2D eigenvalue weighted by atomic mass is 10.2. The van der Waals surface area contributed by atoms with Crippen LogP contribution in [0.1, 0.15) is 21.6 Å². The molecule has 0 atom stereocenters. The summed E-state index contributed by atoms with van der Waals surface area (Å²) in [5.41, 5.74) is 9.05. The molecule has 5 N–H and O–H groups in total. The fraction of sp³-hybridized carbons (Fsp3) is 0.250. The Morgan fingerprint density at radius 1 is 1.17 bits per heavy atom. The van der Waals surface area contributed by atoms with Crippen molar-refractivity contribution in [2.45, 2.75) is 13.8 Å². The van der Waals surface area contributed by atoms with Crippen LogP contribution in [0.2, 0.25) is 0 Å². The minimum atomic E-state index is -0.381. The number of methoxy groups -OCH3 is 1. The van der Waals surface area contributed by atoms with Crippen molar-refractivity contribution in [1.29, 1.82) is 0 Å². The number of nitrogens with zero attached hydrogens (tertiary/aromatic N) is 2. The lowest BCUT2D eigenvalue weighted by molar-refractivity contribution is 0.0600. The molecule has 0 amide bonds. The molecule has 0 saturated carbocycles. The number of H-pyrrole nitrogens is 1. The SMILES string of the molecule is COC(=O)c1ccc(OCCNc2nc(Nc3cc(C)[nH]n3)cc(C)c2N)cc1. The molecule has 3 rings (SSSR count). The summed E-state index contributed by atoms with van der Waals surface area (Å²) in [7, 11) is 1.35. The van der Waals surface area contributed by atoms with Crippen molar-refractivity contribution >= 4 is 29.1 Å². The number of pyridine rings is 1. The maximum absolute atomic E-state index is 11.4. The Labute approximate surface area is 168 Å². The van der Waals surface area contributed by atoms with Crippen molar-refractivity contribution in [3.8, 4) is 5.75 Å². The summed E-state index contributed by atoms with van der Waals surface area (Å²) in [4.78, 5) is 16.0. The minimum Gasteiger partial charge on any atom is -0.492 e. The van der Waals surface area contributed by atoms with Gasteiger partial charge in [-0.1, -0.05) is 0 Å². The summed E-state index contributed by atoms with van der Waals surface area (Å²) in [6, 6.07) is 10.5. The van der Waals surface area contributed by atoms with Crippen LogP contribution in [0.25, 0.3) is 0 Å². The van der Waals surface area contributed by atoms with Crippen LogP contribution < -0.4 is 21.1 Å². The number of aryl methyl sites for hydroxylation is 2. The molecular weight excluding hydrogens is 372 g/mol. The number of carbonyl (C=O) groups excluding carboxylic acids is 1. The van der Waals surface area contributed by atoms with Crippen LogP contribution in [0.5, 0.6) is 5.75 Å². The topological polar surface area (TPSA) is 127 Å². The van der Waals surface area contributed by atoms with E-state index in [2.05, 4.69) is 30.6 Å². The third kappa shape index (κ3) is 5.16. The van der Waals surface area contributed by atoms with Gasteiger partial charge in [0.25, 0.3) is 0 Å². The highest BCUT2D eigenvalue weighted by Gasteiger charge is 2.09. The van der Waals surface area contributed by atoms with Crippen molar-refractivity contribution in [2.24, 2.45) is 0 Å². The molecule has 0 unspecified atom stereocenters. The van der Waals surface area contributed by atoms with Gasteiger partial charge in [-0.05, 0) is 49.7 Å². The zero-order chi connectivity index (χ0) is 20.8. The van der Waals surface area contributed by atoms with Crippen LogP contribution in [-0.2, 0) is 4.74 Å². The molecule has 1 aromatic carbocycles. The average molecular weight is 396 g/mol. The van der Waals surface area contributed by atoms with Gasteiger partial charge in [-0.3, -0.25) is 5.10 Å². The van der Waals surface area contributed by atoms with Crippen LogP contribution in [-0.4, -0.2) is 41.4 Å². The number of carbonyl (C=O) groups is 1. The molecule has 2 heterocycles. The van der Waals surface area contributed by atoms with E-state index in [1.807, 2.05) is 26.0 Å². The summed E-state index contributed by atoms with van der Waals surface area (Å²) in [5.74, 6) is 2.17. The molecule has 0 aliphatic carbocycles. The number of nitrogens with one attached hydrogen (secondary N) is 3. The summed E-state index contributed by atoms with van der Waals surface area (Å²) in [6.07, 6.45) is 0. The van der Waals surface area contributed by atoms with Crippen molar-refractivity contribution in [3.05, 3.63) is 53.2 Å². The lowest BCUT2D eigenvalue weighted by Gasteiger charge is -2.13. The first-order valence-corrected chi connectivity index (χ1v) is 9.07. The molecular formula is C20H24N6O3. The number of anilines is 4. The number of benzene rings is 1. The molecule has 0 saturated heterocycles. The summed E-state index contributed by atoms with van der Waals surface area (Å²) in [5, 5.41) is 13.4. The fourth-order valence-corrected chi connectivity index (χ4v) is 2.64. The van der Waals surface area contributed by atoms with Gasteiger partial charge in [0.2, 0.25) is 0 Å². The van der Waals surface area contributed by atoms with Crippen molar-refractivity contribution in [1.82, 2.24) is 15.2 Å². The molecule has 29 heavy (non-hydrogen) atoms. The average Bonchev–Trinajstić information content (AvgIpc) is 3.13. The number of nitrogen functional groups attached to an aromatic ring is 1. The number of hydrogen-bond donors (Lipinski definition) is 4. The Bertz CT molecular complexity index is 984. The predicted molar refractivity (Wildman–Crippen MR) is 112 cm³/mol. The van der Waals surface area contributed by atoms with E-state index >= 15 is 0 Å². The second-order valence-electron chi connectivity index (χ2n) is 6.44. The molecule has 3 aromatic rings. The van der Waals surface area contributed by atoms with Gasteiger partial charge in [-0.25, -0.2) is 9.78 Å². The molecule has 2 aromatic heterocycles. The molecule has 0 fully saturated rings. The maximum Gasteiger partial charge on any atom is 0.337 e. The van der Waals surface area contributed by atoms with Gasteiger partial charge in [-0.2, -0.15) is 5.10 Å². The molecule has 0 bridgehead atoms. The summed E-state index contributed by atoms with van der Waals surface area (Å²) in [6.45, 7) is 4.74. The monoisotopic (exact) mass is 396 g/mol. The van der Waals surface area contributed by atoms with E-state index in [9.17, 15) is 4.79 Å². The van der Waals surface area contributed by atoms with E-state index in [0.29, 0.717) is 47.6 Å². The van der Waals surface area contributed by atoms with Gasteiger partial charge in [0, 0.05) is 11.8 Å². The van der Waals surface area contributed by atoms with Crippen molar-refractivity contribution < 1.29 is 14.3 Å². The van der Waals surface area contributed by atoms with Gasteiger partial charge in [0.15, 0.2) is 11.6 Å². The molecule has 0 aliphatic heterocycles. The highest BCUT2D eigenvalue weighted by Crippen LogP contribution is 2.25. The standard InChI is InChI=1S/C20H24N6O3/c1-12-10-16(23-17-11-13(2)25-26-17)24-19(18(12)21)22-8-9-29-15-6-4-14(5-7-15)20(27)28-3/h4-7,10-11H,8-9,21H2,1-3H3,(H3,22,23,24,25,26). The number of ether oxygens (including phenoxy) is 2. The van der Waals surface area contributed by atoms with Crippen LogP contribution in [0.15, 0.2) is 36.4 Å². The second-order valence-corrected chi connectivity index (χ2v) is 6.44. The normalized spacial score (nSPS) is 10.4. The summed E-state index contributed by atoms with van der Waals surface area (Å²) < 4.78 is 10.4. The van der Waals surface area contributed by atoms with Crippen LogP contribution in [0.3, 0.4) is 0 Å². The second kappa shape index (κ2) is 8.96. The lowest BCUT2D eigenvalue weighted by Crippen LogP contribution is -2.14. The molecule has 0 aliphatic rings. The molecule has 9 nitrogen and oxygen atoms in total. The van der Waals surface area contributed by atoms with Gasteiger partial charge < -0.3 is 25.8 Å². The quantitative estimate of drug-likeness (QED) is 0.338. The number of rotatable bonds is 8. The first kappa shape index (κ1) is 20.0. The van der Waals surface area contributed by atoms with E-state index in [0.717, 1.165) is 11.3 Å². The molecule has 9 heteroatoms. The van der Waals surface area contributed by atoms with E-state index in [1.165, 1.54) is 7.11 Å². The van der Waals surface area contributed by atoms with Gasteiger partial charge in [-0.15, -0.1) is 0 Å². The molecule has 0 radical (unpaired) electrons. The molecule has 0 spiro atoms. The predicted octanol–water partition coefficient (Wildman–Crippen LogP) is 3.02. The number of aromatic amines is 1. The maximum atomic E-state index is 11.4. The first-order chi connectivity index (χ1) is 14.0. The fourth-order valence-electron chi connectivity index (χ4n) is 2.64. The zero-order valence-electron chi connectivity index (χ0n) is 16.6. The van der Waals surface area contributed by atoms with Crippen LogP contribution in [0.4, 0.5) is 23.1 Å². The first-order valence-electron chi connectivity index (χ1n) is 9.07. The Kier molecular flexibility index (Phi) is 6.18. The highest BCUT2D eigenvalue weighted by molar-refractivity contribution is 5.89. The Balaban J connectivity index is 1.56. The van der Waals surface area contributed by atoms with Gasteiger partial charge >= 0.3 is 5.97 Å². The van der Waals surface area contributed by atoms with E-state index in [1.54, 1.807) is 24.3 Å². The van der Waals surface area contributed by atoms with Gasteiger partial charge in [0.05, 0.1) is 24.9 Å². The third-order valence-electron chi connectivity index (χ3n) is 4.17.